The first-order chi connectivity index (χ1) is 23.0. The Labute approximate surface area is 279 Å². The van der Waals surface area contributed by atoms with Crippen molar-refractivity contribution in [1.29, 1.82) is 0 Å². The number of hydrogen-bond donors (Lipinski definition) is 1. The van der Waals surface area contributed by atoms with E-state index in [1.165, 1.54) is 35.0 Å². The first-order valence-corrected chi connectivity index (χ1v) is 16.6. The molecular formula is C34H31FN6O4S2. The van der Waals surface area contributed by atoms with Crippen LogP contribution in [0, 0.1) is 5.82 Å². The topological polar surface area (TPSA) is 111 Å². The van der Waals surface area contributed by atoms with Crippen molar-refractivity contribution >= 4 is 40.6 Å². The fourth-order valence-corrected chi connectivity index (χ4v) is 6.85. The van der Waals surface area contributed by atoms with Gasteiger partial charge in [-0.3, -0.25) is 9.59 Å². The molecule has 5 aromatic rings. The molecule has 47 heavy (non-hydrogen) atoms. The van der Waals surface area contributed by atoms with E-state index < -0.39 is 17.8 Å². The molecule has 0 spiro atoms. The van der Waals surface area contributed by atoms with Gasteiger partial charge in [0.2, 0.25) is 0 Å². The summed E-state index contributed by atoms with van der Waals surface area (Å²) in [5.74, 6) is 0.222. The van der Waals surface area contributed by atoms with Gasteiger partial charge in [0.15, 0.2) is 22.5 Å². The van der Waals surface area contributed by atoms with Crippen LogP contribution in [0.2, 0.25) is 0 Å². The number of rotatable bonds is 12. The quantitative estimate of drug-likeness (QED) is 0.164. The van der Waals surface area contributed by atoms with E-state index in [0.717, 1.165) is 21.7 Å². The zero-order valence-electron chi connectivity index (χ0n) is 25.6. The van der Waals surface area contributed by atoms with Gasteiger partial charge in [0, 0.05) is 12.0 Å². The van der Waals surface area contributed by atoms with Gasteiger partial charge in [-0.2, -0.15) is 5.10 Å². The minimum atomic E-state index is -0.609. The molecule has 1 N–H and O–H groups in total. The number of halogens is 1. The Morgan fingerprint density at radius 3 is 2.53 bits per heavy atom. The van der Waals surface area contributed by atoms with Gasteiger partial charge >= 0.3 is 0 Å². The Morgan fingerprint density at radius 1 is 0.979 bits per heavy atom. The minimum Gasteiger partial charge on any atom is -0.493 e. The smallest absolute Gasteiger partial charge is 0.254 e. The Kier molecular flexibility index (Phi) is 9.93. The normalized spacial score (nSPS) is 14.1. The van der Waals surface area contributed by atoms with Gasteiger partial charge in [-0.05, 0) is 35.2 Å². The van der Waals surface area contributed by atoms with E-state index in [1.807, 2.05) is 70.6 Å². The molecule has 0 saturated carbocycles. The van der Waals surface area contributed by atoms with Gasteiger partial charge in [0.25, 0.3) is 11.8 Å². The van der Waals surface area contributed by atoms with Crippen LogP contribution in [-0.2, 0) is 17.9 Å². The second-order valence-corrected chi connectivity index (χ2v) is 12.4. The lowest BCUT2D eigenvalue weighted by molar-refractivity contribution is -0.130. The second-order valence-electron chi connectivity index (χ2n) is 10.5. The molecule has 1 aliphatic heterocycles. The predicted molar refractivity (Wildman–Crippen MR) is 178 cm³/mol. The zero-order valence-corrected chi connectivity index (χ0v) is 27.3. The van der Waals surface area contributed by atoms with Crippen LogP contribution in [0.25, 0.3) is 0 Å². The Bertz CT molecular complexity index is 1900. The van der Waals surface area contributed by atoms with Gasteiger partial charge in [0.1, 0.15) is 5.82 Å². The summed E-state index contributed by atoms with van der Waals surface area (Å²) in [7, 11) is 3.16. The molecule has 1 aliphatic rings. The van der Waals surface area contributed by atoms with Crippen molar-refractivity contribution in [2.75, 3.05) is 20.0 Å². The highest BCUT2D eigenvalue weighted by Gasteiger charge is 2.36. The number of carbonyl (C=O) groups is 2. The molecule has 0 radical (unpaired) electrons. The van der Waals surface area contributed by atoms with E-state index in [0.29, 0.717) is 35.4 Å². The van der Waals surface area contributed by atoms with Crippen LogP contribution < -0.4 is 14.8 Å². The van der Waals surface area contributed by atoms with E-state index >= 15 is 0 Å². The molecular weight excluding hydrogens is 640 g/mol. The number of benzene rings is 3. The van der Waals surface area contributed by atoms with Crippen molar-refractivity contribution in [2.45, 2.75) is 30.7 Å². The molecule has 13 heteroatoms. The van der Waals surface area contributed by atoms with E-state index in [9.17, 15) is 14.0 Å². The van der Waals surface area contributed by atoms with Crippen molar-refractivity contribution in [2.24, 2.45) is 5.10 Å². The van der Waals surface area contributed by atoms with Crippen molar-refractivity contribution in [1.82, 2.24) is 25.1 Å². The van der Waals surface area contributed by atoms with Crippen LogP contribution in [0.3, 0.4) is 0 Å². The van der Waals surface area contributed by atoms with Crippen molar-refractivity contribution in [3.63, 3.8) is 0 Å². The summed E-state index contributed by atoms with van der Waals surface area (Å²) in [6, 6.07) is 24.7. The van der Waals surface area contributed by atoms with Crippen molar-refractivity contribution in [3.8, 4) is 11.5 Å². The lowest BCUT2D eigenvalue weighted by atomic mass is 9.99. The molecule has 0 unspecified atom stereocenters. The highest BCUT2D eigenvalue weighted by molar-refractivity contribution is 7.99. The standard InChI is InChI=1S/C34H31FN6O4S2/c1-44-28-15-8-13-24(32(28)45-2)27-18-26(29-16-9-17-46-29)39-41(27)31(42)21-47-34-38-37-30(40(34)20-22-10-4-3-5-11-22)19-36-33(43)23-12-6-7-14-25(23)35/h3-17,27H,18-21H2,1-2H3,(H,36,43)/t27-/m0/s1. The van der Waals surface area contributed by atoms with Crippen LogP contribution >= 0.6 is 23.1 Å². The fraction of sp³-hybridized carbons (Fsp3) is 0.206. The molecule has 0 fully saturated rings. The molecule has 0 bridgehead atoms. The number of nitrogens with zero attached hydrogens (tertiary/aromatic N) is 5. The van der Waals surface area contributed by atoms with Crippen LogP contribution in [0.5, 0.6) is 11.5 Å². The number of ether oxygens (including phenoxy) is 2. The third-order valence-corrected chi connectivity index (χ3v) is 9.46. The third kappa shape index (κ3) is 7.05. The zero-order chi connectivity index (χ0) is 32.8. The van der Waals surface area contributed by atoms with Crippen LogP contribution in [-0.4, -0.2) is 57.3 Å². The molecule has 0 saturated heterocycles. The van der Waals surface area contributed by atoms with Crippen LogP contribution in [0.15, 0.2) is 101 Å². The number of hydrazone groups is 1. The number of nitrogens with one attached hydrogen (secondary N) is 1. The lowest BCUT2D eigenvalue weighted by Crippen LogP contribution is -2.29. The van der Waals surface area contributed by atoms with E-state index in [-0.39, 0.29) is 23.8 Å². The molecule has 2 aromatic heterocycles. The number of methoxy groups -OCH3 is 2. The van der Waals surface area contributed by atoms with Crippen molar-refractivity contribution < 1.29 is 23.5 Å². The number of para-hydroxylation sites is 1. The van der Waals surface area contributed by atoms with Crippen LogP contribution in [0.1, 0.15) is 44.6 Å². The number of thiophene rings is 1. The molecule has 10 nitrogen and oxygen atoms in total. The van der Waals surface area contributed by atoms with E-state index in [1.54, 1.807) is 31.6 Å². The molecule has 240 valence electrons. The maximum atomic E-state index is 14.2. The summed E-state index contributed by atoms with van der Waals surface area (Å²) >= 11 is 2.80. The van der Waals surface area contributed by atoms with Gasteiger partial charge in [-0.15, -0.1) is 21.5 Å². The fourth-order valence-electron chi connectivity index (χ4n) is 5.32. The van der Waals surface area contributed by atoms with Crippen molar-refractivity contribution in [3.05, 3.63) is 124 Å². The maximum Gasteiger partial charge on any atom is 0.254 e. The molecule has 3 heterocycles. The Balaban J connectivity index is 1.24. The second kappa shape index (κ2) is 14.6. The monoisotopic (exact) mass is 670 g/mol. The van der Waals surface area contributed by atoms with Crippen LogP contribution in [0.4, 0.5) is 4.39 Å². The van der Waals surface area contributed by atoms with Gasteiger partial charge in [-0.25, -0.2) is 9.40 Å². The number of aromatic nitrogens is 3. The highest BCUT2D eigenvalue weighted by atomic mass is 32.2. The average molecular weight is 671 g/mol. The first-order valence-electron chi connectivity index (χ1n) is 14.7. The lowest BCUT2D eigenvalue weighted by Gasteiger charge is -2.24. The van der Waals surface area contributed by atoms with Gasteiger partial charge in [0.05, 0.1) is 55.3 Å². The summed E-state index contributed by atoms with van der Waals surface area (Å²) in [6.45, 7) is 0.420. The molecule has 1 atom stereocenters. The largest absolute Gasteiger partial charge is 0.493 e. The molecule has 2 amide bonds. The van der Waals surface area contributed by atoms with Gasteiger partial charge in [-0.1, -0.05) is 72.4 Å². The first kappa shape index (κ1) is 32.0. The number of hydrogen-bond acceptors (Lipinski definition) is 9. The minimum absolute atomic E-state index is 0.0137. The molecule has 0 aliphatic carbocycles. The Hall–Kier alpha value is -5.01. The van der Waals surface area contributed by atoms with E-state index in [2.05, 4.69) is 15.5 Å². The average Bonchev–Trinajstić information content (AvgIpc) is 3.87. The SMILES string of the molecule is COc1cccc([C@@H]2CC(c3cccs3)=NN2C(=O)CSc2nnc(CNC(=O)c3ccccc3F)n2Cc2ccccc2)c1OC. The van der Waals surface area contributed by atoms with E-state index in [4.69, 9.17) is 14.6 Å². The number of thioether (sulfide) groups is 1. The summed E-state index contributed by atoms with van der Waals surface area (Å²) < 4.78 is 27.3. The summed E-state index contributed by atoms with van der Waals surface area (Å²) in [6.07, 6.45) is 0.510. The van der Waals surface area contributed by atoms with Gasteiger partial charge < -0.3 is 19.4 Å². The molecule has 6 rings (SSSR count). The number of carbonyl (C=O) groups excluding carboxylic acids is 2. The summed E-state index contributed by atoms with van der Waals surface area (Å²) in [5.41, 5.74) is 2.53. The Morgan fingerprint density at radius 2 is 1.79 bits per heavy atom. The maximum absolute atomic E-state index is 14.2. The third-order valence-electron chi connectivity index (χ3n) is 7.59. The predicted octanol–water partition coefficient (Wildman–Crippen LogP) is 5.94. The summed E-state index contributed by atoms with van der Waals surface area (Å²) in [5, 5.41) is 20.2. The highest BCUT2D eigenvalue weighted by Crippen LogP contribution is 2.42. The molecule has 3 aromatic carbocycles. The summed E-state index contributed by atoms with van der Waals surface area (Å²) in [4.78, 5) is 27.7. The number of amides is 2.